The standard InChI is InChI=1S/C14H18N4O2/c1-9-6-18(7-10(8-19)20-9)13-11-4-2-3-5-12(11)16-14(15)17-13/h2-5,9-10,19H,6-8H2,1H3,(H2,15,16,17). The number of nitrogen functional groups attached to an aromatic ring is 1. The van der Waals surface area contributed by atoms with Crippen molar-refractivity contribution in [3.05, 3.63) is 24.3 Å². The zero-order valence-corrected chi connectivity index (χ0v) is 11.4. The molecule has 2 atom stereocenters. The number of hydrogen-bond donors (Lipinski definition) is 2. The van der Waals surface area contributed by atoms with Crippen molar-refractivity contribution < 1.29 is 9.84 Å². The Labute approximate surface area is 117 Å². The molecule has 6 heteroatoms. The number of aromatic nitrogens is 2. The summed E-state index contributed by atoms with van der Waals surface area (Å²) in [4.78, 5) is 10.7. The number of benzene rings is 1. The minimum absolute atomic E-state index is 0.000656. The van der Waals surface area contributed by atoms with Gasteiger partial charge in [-0.15, -0.1) is 0 Å². The molecule has 0 aliphatic carbocycles. The summed E-state index contributed by atoms with van der Waals surface area (Å²) < 4.78 is 5.66. The van der Waals surface area contributed by atoms with E-state index in [-0.39, 0.29) is 24.8 Å². The molecule has 2 aromatic rings. The molecule has 1 aliphatic heterocycles. The first-order valence-corrected chi connectivity index (χ1v) is 6.71. The van der Waals surface area contributed by atoms with Gasteiger partial charge in [-0.1, -0.05) is 12.1 Å². The van der Waals surface area contributed by atoms with Crippen LogP contribution in [-0.4, -0.2) is 47.0 Å². The van der Waals surface area contributed by atoms with Crippen molar-refractivity contribution in [3.63, 3.8) is 0 Å². The Hall–Kier alpha value is -1.92. The number of fused-ring (bicyclic) bond motifs is 1. The Bertz CT molecular complexity index is 619. The maximum absolute atomic E-state index is 9.33. The van der Waals surface area contributed by atoms with E-state index in [1.54, 1.807) is 0 Å². The molecule has 3 N–H and O–H groups in total. The van der Waals surface area contributed by atoms with E-state index >= 15 is 0 Å². The van der Waals surface area contributed by atoms with Gasteiger partial charge < -0.3 is 20.5 Å². The SMILES string of the molecule is CC1CN(c2nc(N)nc3ccccc23)CC(CO)O1. The summed E-state index contributed by atoms with van der Waals surface area (Å²) in [5.74, 6) is 1.07. The Morgan fingerprint density at radius 3 is 2.95 bits per heavy atom. The third kappa shape index (κ3) is 2.39. The van der Waals surface area contributed by atoms with Crippen molar-refractivity contribution in [1.82, 2.24) is 9.97 Å². The van der Waals surface area contributed by atoms with E-state index in [9.17, 15) is 5.11 Å². The van der Waals surface area contributed by atoms with Crippen molar-refractivity contribution >= 4 is 22.7 Å². The largest absolute Gasteiger partial charge is 0.394 e. The highest BCUT2D eigenvalue weighted by atomic mass is 16.5. The molecule has 1 aromatic heterocycles. The fourth-order valence-electron chi connectivity index (χ4n) is 2.64. The Morgan fingerprint density at radius 2 is 2.15 bits per heavy atom. The average molecular weight is 274 g/mol. The molecule has 0 spiro atoms. The molecule has 1 saturated heterocycles. The monoisotopic (exact) mass is 274 g/mol. The van der Waals surface area contributed by atoms with E-state index in [2.05, 4.69) is 14.9 Å². The molecular weight excluding hydrogens is 256 g/mol. The number of hydrogen-bond acceptors (Lipinski definition) is 6. The van der Waals surface area contributed by atoms with E-state index in [1.807, 2.05) is 31.2 Å². The predicted molar refractivity (Wildman–Crippen MR) is 77.6 cm³/mol. The van der Waals surface area contributed by atoms with Crippen LogP contribution in [0.15, 0.2) is 24.3 Å². The third-order valence-electron chi connectivity index (χ3n) is 3.43. The molecule has 20 heavy (non-hydrogen) atoms. The number of aliphatic hydroxyl groups is 1. The quantitative estimate of drug-likeness (QED) is 0.842. The first-order valence-electron chi connectivity index (χ1n) is 6.71. The summed E-state index contributed by atoms with van der Waals surface area (Å²) in [7, 11) is 0. The zero-order valence-electron chi connectivity index (χ0n) is 11.4. The van der Waals surface area contributed by atoms with E-state index in [4.69, 9.17) is 10.5 Å². The molecule has 3 rings (SSSR count). The van der Waals surface area contributed by atoms with Gasteiger partial charge in [0.1, 0.15) is 5.82 Å². The molecule has 0 bridgehead atoms. The van der Waals surface area contributed by atoms with Gasteiger partial charge in [-0.2, -0.15) is 4.98 Å². The van der Waals surface area contributed by atoms with Crippen LogP contribution in [0.4, 0.5) is 11.8 Å². The predicted octanol–water partition coefficient (Wildman–Crippen LogP) is 0.798. The first kappa shape index (κ1) is 13.1. The average Bonchev–Trinajstić information content (AvgIpc) is 2.45. The van der Waals surface area contributed by atoms with Crippen molar-refractivity contribution in [1.29, 1.82) is 0 Å². The molecule has 1 aliphatic rings. The third-order valence-corrected chi connectivity index (χ3v) is 3.43. The lowest BCUT2D eigenvalue weighted by Crippen LogP contribution is -2.48. The maximum Gasteiger partial charge on any atom is 0.222 e. The fraction of sp³-hybridized carbons (Fsp3) is 0.429. The van der Waals surface area contributed by atoms with E-state index < -0.39 is 0 Å². The number of rotatable bonds is 2. The smallest absolute Gasteiger partial charge is 0.222 e. The molecule has 106 valence electrons. The van der Waals surface area contributed by atoms with Crippen LogP contribution < -0.4 is 10.6 Å². The second kappa shape index (κ2) is 5.22. The Kier molecular flexibility index (Phi) is 3.42. The molecule has 0 saturated carbocycles. The number of aliphatic hydroxyl groups excluding tert-OH is 1. The second-order valence-electron chi connectivity index (χ2n) is 5.08. The lowest BCUT2D eigenvalue weighted by Gasteiger charge is -2.37. The van der Waals surface area contributed by atoms with Gasteiger partial charge in [0.05, 0.1) is 24.3 Å². The summed E-state index contributed by atoms with van der Waals surface area (Å²) in [6.07, 6.45) is -0.162. The Balaban J connectivity index is 2.04. The number of nitrogens with zero attached hydrogens (tertiary/aromatic N) is 3. The van der Waals surface area contributed by atoms with Crippen molar-refractivity contribution in [2.75, 3.05) is 30.3 Å². The number of para-hydroxylation sites is 1. The lowest BCUT2D eigenvalue weighted by molar-refractivity contribution is -0.0422. The van der Waals surface area contributed by atoms with Crippen LogP contribution >= 0.6 is 0 Å². The molecule has 6 nitrogen and oxygen atoms in total. The number of anilines is 2. The van der Waals surface area contributed by atoms with Crippen LogP contribution in [0.3, 0.4) is 0 Å². The maximum atomic E-state index is 9.33. The van der Waals surface area contributed by atoms with Gasteiger partial charge in [0.2, 0.25) is 5.95 Å². The molecular formula is C14H18N4O2. The highest BCUT2D eigenvalue weighted by Crippen LogP contribution is 2.27. The van der Waals surface area contributed by atoms with Crippen LogP contribution in [0.5, 0.6) is 0 Å². The summed E-state index contributed by atoms with van der Waals surface area (Å²) in [6, 6.07) is 7.79. The van der Waals surface area contributed by atoms with E-state index in [0.717, 1.165) is 23.3 Å². The molecule has 2 heterocycles. The zero-order chi connectivity index (χ0) is 14.1. The van der Waals surface area contributed by atoms with Gasteiger partial charge >= 0.3 is 0 Å². The van der Waals surface area contributed by atoms with Gasteiger partial charge in [0, 0.05) is 18.5 Å². The molecule has 1 aromatic carbocycles. The minimum atomic E-state index is -0.200. The molecule has 1 fully saturated rings. The van der Waals surface area contributed by atoms with Crippen molar-refractivity contribution in [2.24, 2.45) is 0 Å². The second-order valence-corrected chi connectivity index (χ2v) is 5.08. The van der Waals surface area contributed by atoms with Gasteiger partial charge in [-0.05, 0) is 19.1 Å². The van der Waals surface area contributed by atoms with Gasteiger partial charge in [-0.3, -0.25) is 0 Å². The summed E-state index contributed by atoms with van der Waals surface area (Å²) >= 11 is 0. The molecule has 2 unspecified atom stereocenters. The molecule has 0 amide bonds. The minimum Gasteiger partial charge on any atom is -0.394 e. The number of morpholine rings is 1. The van der Waals surface area contributed by atoms with Crippen LogP contribution in [0.1, 0.15) is 6.92 Å². The van der Waals surface area contributed by atoms with E-state index in [0.29, 0.717) is 6.54 Å². The van der Waals surface area contributed by atoms with Gasteiger partial charge in [-0.25, -0.2) is 4.98 Å². The first-order chi connectivity index (χ1) is 9.67. The summed E-state index contributed by atoms with van der Waals surface area (Å²) in [5.41, 5.74) is 6.63. The fourth-order valence-corrected chi connectivity index (χ4v) is 2.64. The highest BCUT2D eigenvalue weighted by Gasteiger charge is 2.27. The normalized spacial score (nSPS) is 23.2. The van der Waals surface area contributed by atoms with Crippen LogP contribution in [0.2, 0.25) is 0 Å². The van der Waals surface area contributed by atoms with Crippen LogP contribution in [0, 0.1) is 0 Å². The van der Waals surface area contributed by atoms with Crippen LogP contribution in [0.25, 0.3) is 10.9 Å². The van der Waals surface area contributed by atoms with E-state index in [1.165, 1.54) is 0 Å². The topological polar surface area (TPSA) is 84.5 Å². The highest BCUT2D eigenvalue weighted by molar-refractivity contribution is 5.90. The van der Waals surface area contributed by atoms with Crippen LogP contribution in [-0.2, 0) is 4.74 Å². The Morgan fingerprint density at radius 1 is 1.35 bits per heavy atom. The van der Waals surface area contributed by atoms with Gasteiger partial charge in [0.15, 0.2) is 0 Å². The summed E-state index contributed by atoms with van der Waals surface area (Å²) in [6.45, 7) is 3.30. The van der Waals surface area contributed by atoms with Crippen molar-refractivity contribution in [3.8, 4) is 0 Å². The number of nitrogens with two attached hydrogens (primary N) is 1. The van der Waals surface area contributed by atoms with Crippen molar-refractivity contribution in [2.45, 2.75) is 19.1 Å². The van der Waals surface area contributed by atoms with Gasteiger partial charge in [0.25, 0.3) is 0 Å². The molecule has 0 radical (unpaired) electrons. The summed E-state index contributed by atoms with van der Waals surface area (Å²) in [5, 5.41) is 10.3. The lowest BCUT2D eigenvalue weighted by atomic mass is 10.1. The number of ether oxygens (including phenoxy) is 1.